The number of hydrogen-bond donors (Lipinski definition) is 2. The van der Waals surface area contributed by atoms with Crippen molar-refractivity contribution in [2.75, 3.05) is 12.4 Å². The van der Waals surface area contributed by atoms with Crippen LogP contribution < -0.4 is 10.1 Å². The lowest BCUT2D eigenvalue weighted by atomic mass is 10.2. The third kappa shape index (κ3) is 3.36. The van der Waals surface area contributed by atoms with Crippen LogP contribution in [0, 0.1) is 13.8 Å². The Morgan fingerprint density at radius 1 is 1.26 bits per heavy atom. The van der Waals surface area contributed by atoms with E-state index >= 15 is 0 Å². The van der Waals surface area contributed by atoms with Gasteiger partial charge >= 0.3 is 0 Å². The molecular formula is C16H17N3O2S2. The Kier molecular flexibility index (Phi) is 4.61. The van der Waals surface area contributed by atoms with Gasteiger partial charge in [0.2, 0.25) is 0 Å². The maximum Gasteiger partial charge on any atom is 0.187 e. The number of nitrogens with one attached hydrogen (secondary N) is 1. The second kappa shape index (κ2) is 6.66. The van der Waals surface area contributed by atoms with Crippen molar-refractivity contribution in [3.63, 3.8) is 0 Å². The van der Waals surface area contributed by atoms with Gasteiger partial charge in [-0.1, -0.05) is 6.07 Å². The molecule has 23 heavy (non-hydrogen) atoms. The Morgan fingerprint density at radius 2 is 2.09 bits per heavy atom. The number of thiazole rings is 2. The molecule has 3 aromatic rings. The Bertz CT molecular complexity index is 827. The third-order valence-electron chi connectivity index (χ3n) is 3.33. The summed E-state index contributed by atoms with van der Waals surface area (Å²) < 4.78 is 5.37. The number of ether oxygens (including phenoxy) is 1. The van der Waals surface area contributed by atoms with Crippen LogP contribution in [0.2, 0.25) is 0 Å². The van der Waals surface area contributed by atoms with Gasteiger partial charge in [0, 0.05) is 5.38 Å². The molecule has 1 aromatic carbocycles. The zero-order valence-corrected chi connectivity index (χ0v) is 14.7. The fraction of sp³-hybridized carbons (Fsp3) is 0.250. The number of aromatic nitrogens is 2. The Morgan fingerprint density at radius 3 is 2.74 bits per heavy atom. The zero-order chi connectivity index (χ0) is 16.4. The monoisotopic (exact) mass is 347 g/mol. The van der Waals surface area contributed by atoms with E-state index in [9.17, 15) is 5.11 Å². The molecule has 0 unspecified atom stereocenters. The van der Waals surface area contributed by atoms with Crippen LogP contribution in [0.15, 0.2) is 23.6 Å². The van der Waals surface area contributed by atoms with Gasteiger partial charge in [0.05, 0.1) is 40.7 Å². The largest absolute Gasteiger partial charge is 0.495 e. The summed E-state index contributed by atoms with van der Waals surface area (Å²) in [6.07, 6.45) is 0. The molecule has 0 aliphatic heterocycles. The van der Waals surface area contributed by atoms with Crippen molar-refractivity contribution in [2.45, 2.75) is 20.5 Å². The molecule has 2 heterocycles. The topological polar surface area (TPSA) is 67.3 Å². The summed E-state index contributed by atoms with van der Waals surface area (Å²) in [6.45, 7) is 3.99. The molecule has 0 atom stereocenters. The van der Waals surface area contributed by atoms with E-state index in [1.807, 2.05) is 37.4 Å². The van der Waals surface area contributed by atoms with Crippen LogP contribution in [0.1, 0.15) is 16.3 Å². The molecule has 7 heteroatoms. The number of aliphatic hydroxyl groups is 1. The van der Waals surface area contributed by atoms with Gasteiger partial charge in [-0.05, 0) is 31.5 Å². The summed E-state index contributed by atoms with van der Waals surface area (Å²) in [5.41, 5.74) is 3.58. The molecule has 0 fully saturated rings. The van der Waals surface area contributed by atoms with Crippen molar-refractivity contribution in [3.05, 3.63) is 39.8 Å². The van der Waals surface area contributed by atoms with Crippen LogP contribution >= 0.6 is 22.7 Å². The first-order valence-electron chi connectivity index (χ1n) is 7.05. The number of aryl methyl sites for hydroxylation is 2. The first-order chi connectivity index (χ1) is 11.1. The molecule has 120 valence electrons. The van der Waals surface area contributed by atoms with Crippen LogP contribution in [0.5, 0.6) is 5.75 Å². The summed E-state index contributed by atoms with van der Waals surface area (Å²) >= 11 is 3.19. The number of rotatable bonds is 5. The second-order valence-electron chi connectivity index (χ2n) is 5.00. The van der Waals surface area contributed by atoms with E-state index in [0.29, 0.717) is 5.75 Å². The van der Waals surface area contributed by atoms with Gasteiger partial charge in [-0.2, -0.15) is 0 Å². The summed E-state index contributed by atoms with van der Waals surface area (Å²) in [4.78, 5) is 10.2. The van der Waals surface area contributed by atoms with E-state index < -0.39 is 0 Å². The maximum absolute atomic E-state index is 9.20. The van der Waals surface area contributed by atoms with E-state index in [1.165, 1.54) is 11.3 Å². The minimum atomic E-state index is -0.0119. The molecular weight excluding hydrogens is 330 g/mol. The maximum atomic E-state index is 9.20. The highest BCUT2D eigenvalue weighted by Crippen LogP contribution is 2.35. The lowest BCUT2D eigenvalue weighted by Crippen LogP contribution is -1.96. The predicted molar refractivity (Wildman–Crippen MR) is 94.9 cm³/mol. The number of anilines is 2. The third-order valence-corrected chi connectivity index (χ3v) is 5.18. The summed E-state index contributed by atoms with van der Waals surface area (Å²) in [6, 6.07) is 5.55. The smallest absolute Gasteiger partial charge is 0.187 e. The Balaban J connectivity index is 1.86. The average Bonchev–Trinajstić information content (AvgIpc) is 3.13. The van der Waals surface area contributed by atoms with Gasteiger partial charge in [-0.25, -0.2) is 9.97 Å². The normalized spacial score (nSPS) is 10.8. The van der Waals surface area contributed by atoms with Crippen LogP contribution in [0.25, 0.3) is 10.6 Å². The van der Waals surface area contributed by atoms with Gasteiger partial charge in [0.15, 0.2) is 5.13 Å². The van der Waals surface area contributed by atoms with Crippen molar-refractivity contribution in [2.24, 2.45) is 0 Å². The molecule has 0 aliphatic carbocycles. The van der Waals surface area contributed by atoms with Crippen molar-refractivity contribution >= 4 is 33.5 Å². The SMILES string of the molecule is COc1cc(CO)ccc1Nc1nc(-c2sc(C)nc2C)cs1. The van der Waals surface area contributed by atoms with Crippen molar-refractivity contribution in [1.29, 1.82) is 0 Å². The average molecular weight is 347 g/mol. The molecule has 5 nitrogen and oxygen atoms in total. The van der Waals surface area contributed by atoms with Crippen molar-refractivity contribution in [3.8, 4) is 16.3 Å². The highest BCUT2D eigenvalue weighted by molar-refractivity contribution is 7.16. The summed E-state index contributed by atoms with van der Waals surface area (Å²) in [5, 5.41) is 16.3. The van der Waals surface area contributed by atoms with Gasteiger partial charge in [-0.3, -0.25) is 0 Å². The molecule has 0 bridgehead atoms. The van der Waals surface area contributed by atoms with Crippen LogP contribution in [-0.2, 0) is 6.61 Å². The fourth-order valence-electron chi connectivity index (χ4n) is 2.26. The summed E-state index contributed by atoms with van der Waals surface area (Å²) in [5.74, 6) is 0.679. The zero-order valence-electron chi connectivity index (χ0n) is 13.1. The van der Waals surface area contributed by atoms with E-state index in [4.69, 9.17) is 4.74 Å². The van der Waals surface area contributed by atoms with Crippen LogP contribution in [0.3, 0.4) is 0 Å². The number of nitrogens with zero attached hydrogens (tertiary/aromatic N) is 2. The molecule has 0 saturated heterocycles. The quantitative estimate of drug-likeness (QED) is 0.726. The first-order valence-corrected chi connectivity index (χ1v) is 8.75. The minimum absolute atomic E-state index is 0.0119. The van der Waals surface area contributed by atoms with Crippen molar-refractivity contribution < 1.29 is 9.84 Å². The standard InChI is InChI=1S/C16H17N3O2S2/c1-9-15(23-10(2)17-9)13-8-22-16(19-13)18-12-5-4-11(7-20)6-14(12)21-3/h4-6,8,20H,7H2,1-3H3,(H,18,19). The molecule has 3 rings (SSSR count). The van der Waals surface area contributed by atoms with E-state index in [2.05, 4.69) is 15.3 Å². The predicted octanol–water partition coefficient (Wildman–Crippen LogP) is 4.13. The van der Waals surface area contributed by atoms with Crippen molar-refractivity contribution in [1.82, 2.24) is 9.97 Å². The number of aliphatic hydroxyl groups excluding tert-OH is 1. The lowest BCUT2D eigenvalue weighted by molar-refractivity contribution is 0.281. The molecule has 2 aromatic heterocycles. The number of benzene rings is 1. The summed E-state index contributed by atoms with van der Waals surface area (Å²) in [7, 11) is 1.61. The number of hydrogen-bond acceptors (Lipinski definition) is 7. The lowest BCUT2D eigenvalue weighted by Gasteiger charge is -2.10. The Labute approximate surface area is 142 Å². The molecule has 0 amide bonds. The van der Waals surface area contributed by atoms with E-state index in [1.54, 1.807) is 18.4 Å². The number of methoxy groups -OCH3 is 1. The van der Waals surface area contributed by atoms with E-state index in [0.717, 1.165) is 37.7 Å². The van der Waals surface area contributed by atoms with E-state index in [-0.39, 0.29) is 6.61 Å². The fourth-order valence-corrected chi connectivity index (χ4v) is 3.93. The van der Waals surface area contributed by atoms with Gasteiger partial charge < -0.3 is 15.2 Å². The molecule has 0 spiro atoms. The molecule has 0 saturated carbocycles. The molecule has 0 radical (unpaired) electrons. The highest BCUT2D eigenvalue weighted by atomic mass is 32.1. The minimum Gasteiger partial charge on any atom is -0.495 e. The van der Waals surface area contributed by atoms with Gasteiger partial charge in [-0.15, -0.1) is 22.7 Å². The van der Waals surface area contributed by atoms with Gasteiger partial charge in [0.25, 0.3) is 0 Å². The van der Waals surface area contributed by atoms with Crippen LogP contribution in [-0.4, -0.2) is 22.2 Å². The first kappa shape index (κ1) is 15.9. The highest BCUT2D eigenvalue weighted by Gasteiger charge is 2.12. The second-order valence-corrected chi connectivity index (χ2v) is 7.06. The Hall–Kier alpha value is -1.96. The van der Waals surface area contributed by atoms with Crippen LogP contribution in [0.4, 0.5) is 10.8 Å². The molecule has 2 N–H and O–H groups in total. The molecule has 0 aliphatic rings. The van der Waals surface area contributed by atoms with Gasteiger partial charge in [0.1, 0.15) is 5.75 Å².